The van der Waals surface area contributed by atoms with Crippen LogP contribution in [0.15, 0.2) is 42.5 Å². The molecule has 0 aromatic heterocycles. The van der Waals surface area contributed by atoms with Gasteiger partial charge < -0.3 is 19.4 Å². The van der Waals surface area contributed by atoms with Crippen LogP contribution in [0, 0.1) is 0 Å². The third kappa shape index (κ3) is 3.26. The summed E-state index contributed by atoms with van der Waals surface area (Å²) >= 11 is 0. The maximum absolute atomic E-state index is 10.1. The Kier molecular flexibility index (Phi) is 3.94. The van der Waals surface area contributed by atoms with Crippen molar-refractivity contribution < 1.29 is 19.4 Å². The van der Waals surface area contributed by atoms with Gasteiger partial charge in [0.25, 0.3) is 0 Å². The highest BCUT2D eigenvalue weighted by molar-refractivity contribution is 5.44. The third-order valence-electron chi connectivity index (χ3n) is 3.33. The second-order valence-corrected chi connectivity index (χ2v) is 4.86. The Hall–Kier alpha value is -2.24. The van der Waals surface area contributed by atoms with Gasteiger partial charge in [0.05, 0.1) is 7.11 Å². The first-order chi connectivity index (χ1) is 10.2. The van der Waals surface area contributed by atoms with Gasteiger partial charge in [-0.1, -0.05) is 18.2 Å². The summed E-state index contributed by atoms with van der Waals surface area (Å²) in [4.78, 5) is 0. The molecule has 0 bridgehead atoms. The zero-order valence-electron chi connectivity index (χ0n) is 11.8. The molecule has 1 N–H and O–H groups in total. The van der Waals surface area contributed by atoms with E-state index in [1.807, 2.05) is 42.5 Å². The van der Waals surface area contributed by atoms with Crippen LogP contribution >= 0.6 is 0 Å². The molecule has 0 aliphatic carbocycles. The molecule has 1 aliphatic rings. The Labute approximate surface area is 123 Å². The smallest absolute Gasteiger partial charge is 0.231 e. The lowest BCUT2D eigenvalue weighted by Gasteiger charge is -2.15. The molecule has 1 heterocycles. The van der Waals surface area contributed by atoms with Crippen molar-refractivity contribution in [3.05, 3.63) is 53.6 Å². The Bertz CT molecular complexity index is 612. The highest BCUT2D eigenvalue weighted by Gasteiger charge is 2.14. The van der Waals surface area contributed by atoms with Crippen molar-refractivity contribution in [3.63, 3.8) is 0 Å². The summed E-state index contributed by atoms with van der Waals surface area (Å²) in [7, 11) is 1.63. The predicted molar refractivity (Wildman–Crippen MR) is 76.6 cm³/mol. The number of rotatable bonds is 5. The molecule has 5 heteroatoms. The molecule has 0 fully saturated rings. The summed E-state index contributed by atoms with van der Waals surface area (Å²) in [6.07, 6.45) is 0. The van der Waals surface area contributed by atoms with Crippen LogP contribution in [0.5, 0.6) is 17.2 Å². The van der Waals surface area contributed by atoms with E-state index in [2.05, 4.69) is 0 Å². The summed E-state index contributed by atoms with van der Waals surface area (Å²) in [5.41, 5.74) is 1.98. The normalized spacial score (nSPS) is 12.7. The van der Waals surface area contributed by atoms with Gasteiger partial charge in [0.2, 0.25) is 6.79 Å². The van der Waals surface area contributed by atoms with Gasteiger partial charge in [0.1, 0.15) is 5.75 Å². The van der Waals surface area contributed by atoms with Crippen molar-refractivity contribution in [1.82, 2.24) is 5.06 Å². The average Bonchev–Trinajstić information content (AvgIpc) is 2.95. The van der Waals surface area contributed by atoms with E-state index in [0.29, 0.717) is 13.1 Å². The van der Waals surface area contributed by atoms with Crippen molar-refractivity contribution in [2.45, 2.75) is 13.1 Å². The van der Waals surface area contributed by atoms with Crippen molar-refractivity contribution >= 4 is 0 Å². The van der Waals surface area contributed by atoms with E-state index in [4.69, 9.17) is 14.2 Å². The van der Waals surface area contributed by atoms with Crippen molar-refractivity contribution in [2.24, 2.45) is 0 Å². The summed E-state index contributed by atoms with van der Waals surface area (Å²) in [5.74, 6) is 2.28. The molecule has 2 aromatic rings. The standard InChI is InChI=1S/C16H17NO4/c1-19-14-5-2-12(3-6-14)9-17(18)10-13-4-7-15-16(8-13)21-11-20-15/h2-8,18H,9-11H2,1H3. The number of hydrogen-bond donors (Lipinski definition) is 1. The van der Waals surface area contributed by atoms with Gasteiger partial charge in [0, 0.05) is 13.1 Å². The summed E-state index contributed by atoms with van der Waals surface area (Å²) in [6, 6.07) is 13.3. The second-order valence-electron chi connectivity index (χ2n) is 4.86. The largest absolute Gasteiger partial charge is 0.497 e. The zero-order valence-corrected chi connectivity index (χ0v) is 11.8. The molecule has 0 atom stereocenters. The predicted octanol–water partition coefficient (Wildman–Crippen LogP) is 2.82. The number of benzene rings is 2. The summed E-state index contributed by atoms with van der Waals surface area (Å²) in [6.45, 7) is 1.12. The lowest BCUT2D eigenvalue weighted by molar-refractivity contribution is -0.108. The van der Waals surface area contributed by atoms with E-state index in [9.17, 15) is 5.21 Å². The number of ether oxygens (including phenoxy) is 3. The lowest BCUT2D eigenvalue weighted by Crippen LogP contribution is -2.17. The van der Waals surface area contributed by atoms with E-state index in [-0.39, 0.29) is 6.79 Å². The van der Waals surface area contributed by atoms with Gasteiger partial charge in [0.15, 0.2) is 11.5 Å². The molecule has 0 saturated heterocycles. The fourth-order valence-electron chi connectivity index (χ4n) is 2.25. The molecule has 0 spiro atoms. The Morgan fingerprint density at radius 2 is 1.67 bits per heavy atom. The number of nitrogens with zero attached hydrogens (tertiary/aromatic N) is 1. The SMILES string of the molecule is COc1ccc(CN(O)Cc2ccc3c(c2)OCO3)cc1. The van der Waals surface area contributed by atoms with Gasteiger partial charge in [-0.3, -0.25) is 0 Å². The Balaban J connectivity index is 1.61. The molecular weight excluding hydrogens is 270 g/mol. The molecule has 3 rings (SSSR count). The maximum atomic E-state index is 10.1. The molecule has 2 aromatic carbocycles. The molecule has 1 aliphatic heterocycles. The lowest BCUT2D eigenvalue weighted by atomic mass is 10.2. The minimum atomic E-state index is 0.257. The number of hydroxylamine groups is 2. The van der Waals surface area contributed by atoms with Crippen LogP contribution in [0.4, 0.5) is 0 Å². The number of hydrogen-bond acceptors (Lipinski definition) is 5. The van der Waals surface area contributed by atoms with Crippen molar-refractivity contribution in [2.75, 3.05) is 13.9 Å². The second kappa shape index (κ2) is 6.03. The first-order valence-corrected chi connectivity index (χ1v) is 6.70. The average molecular weight is 287 g/mol. The highest BCUT2D eigenvalue weighted by Crippen LogP contribution is 2.32. The van der Waals surface area contributed by atoms with Gasteiger partial charge in [-0.15, -0.1) is 0 Å². The third-order valence-corrected chi connectivity index (χ3v) is 3.33. The van der Waals surface area contributed by atoms with Crippen LogP contribution in [-0.4, -0.2) is 24.2 Å². The molecule has 0 amide bonds. The quantitative estimate of drug-likeness (QED) is 0.857. The first kappa shape index (κ1) is 13.7. The van der Waals surface area contributed by atoms with Gasteiger partial charge in [-0.05, 0) is 35.4 Å². The Morgan fingerprint density at radius 3 is 2.43 bits per heavy atom. The minimum absolute atomic E-state index is 0.257. The van der Waals surface area contributed by atoms with Crippen LogP contribution in [0.25, 0.3) is 0 Å². The van der Waals surface area contributed by atoms with Crippen LogP contribution in [0.3, 0.4) is 0 Å². The van der Waals surface area contributed by atoms with E-state index in [0.717, 1.165) is 28.4 Å². The van der Waals surface area contributed by atoms with Crippen LogP contribution in [0.2, 0.25) is 0 Å². The molecule has 110 valence electrons. The van der Waals surface area contributed by atoms with E-state index >= 15 is 0 Å². The minimum Gasteiger partial charge on any atom is -0.497 e. The van der Waals surface area contributed by atoms with E-state index < -0.39 is 0 Å². The molecule has 5 nitrogen and oxygen atoms in total. The van der Waals surface area contributed by atoms with Crippen molar-refractivity contribution in [1.29, 1.82) is 0 Å². The number of fused-ring (bicyclic) bond motifs is 1. The number of methoxy groups -OCH3 is 1. The van der Waals surface area contributed by atoms with E-state index in [1.54, 1.807) is 7.11 Å². The molecular formula is C16H17NO4. The monoisotopic (exact) mass is 287 g/mol. The van der Waals surface area contributed by atoms with Crippen LogP contribution in [0.1, 0.15) is 11.1 Å². The summed E-state index contributed by atoms with van der Waals surface area (Å²) < 4.78 is 15.7. The highest BCUT2D eigenvalue weighted by atomic mass is 16.7. The Morgan fingerprint density at radius 1 is 1.00 bits per heavy atom. The molecule has 0 saturated carbocycles. The van der Waals surface area contributed by atoms with E-state index in [1.165, 1.54) is 5.06 Å². The van der Waals surface area contributed by atoms with Crippen LogP contribution in [-0.2, 0) is 13.1 Å². The topological polar surface area (TPSA) is 51.2 Å². The van der Waals surface area contributed by atoms with Gasteiger partial charge >= 0.3 is 0 Å². The first-order valence-electron chi connectivity index (χ1n) is 6.70. The zero-order chi connectivity index (χ0) is 14.7. The molecule has 21 heavy (non-hydrogen) atoms. The molecule has 0 unspecified atom stereocenters. The van der Waals surface area contributed by atoms with Gasteiger partial charge in [-0.2, -0.15) is 5.06 Å². The fourth-order valence-corrected chi connectivity index (χ4v) is 2.25. The maximum Gasteiger partial charge on any atom is 0.231 e. The summed E-state index contributed by atoms with van der Waals surface area (Å²) in [5, 5.41) is 11.3. The molecule has 0 radical (unpaired) electrons. The fraction of sp³-hybridized carbons (Fsp3) is 0.250. The van der Waals surface area contributed by atoms with Gasteiger partial charge in [-0.25, -0.2) is 0 Å². The van der Waals surface area contributed by atoms with Crippen LogP contribution < -0.4 is 14.2 Å². The van der Waals surface area contributed by atoms with Crippen molar-refractivity contribution in [3.8, 4) is 17.2 Å².